The standard InChI is InChI=1S/C26H23ClN8O7S2/c1-33-26(30-31-32-33)44-12-15-11-43-24-20(23(38)34(24)21(15)25(39)40)29-22(37)19(13-5-3-2-4-6-13)28-18(36)9-14-7-8-16(27)10-17(14)35(41)42/h2-8,10,19-20,24H,9,11-12H2,1H3,(H,28,36)(H,29,37)(H,39,40)/t19-,20?,24-/m0/s1. The lowest BCUT2D eigenvalue weighted by Gasteiger charge is -2.49. The van der Waals surface area contributed by atoms with Crippen molar-refractivity contribution in [2.24, 2.45) is 7.05 Å². The average molecular weight is 659 g/mol. The number of nitrogens with zero attached hydrogens (tertiary/aromatic N) is 6. The smallest absolute Gasteiger partial charge is 0.352 e. The minimum atomic E-state index is -1.27. The molecule has 1 aromatic heterocycles. The zero-order valence-corrected chi connectivity index (χ0v) is 25.1. The third-order valence-corrected chi connectivity index (χ3v) is 9.47. The number of hydrogen-bond acceptors (Lipinski definition) is 11. The van der Waals surface area contributed by atoms with Gasteiger partial charge in [-0.3, -0.25) is 29.4 Å². The van der Waals surface area contributed by atoms with E-state index in [1.54, 1.807) is 37.4 Å². The number of tetrazole rings is 1. The summed E-state index contributed by atoms with van der Waals surface area (Å²) in [4.78, 5) is 64.0. The van der Waals surface area contributed by atoms with Gasteiger partial charge in [0, 0.05) is 35.2 Å². The topological polar surface area (TPSA) is 203 Å². The predicted octanol–water partition coefficient (Wildman–Crippen LogP) is 1.70. The number of rotatable bonds is 11. The van der Waals surface area contributed by atoms with E-state index >= 15 is 0 Å². The first kappa shape index (κ1) is 31.0. The highest BCUT2D eigenvalue weighted by Crippen LogP contribution is 2.41. The van der Waals surface area contributed by atoms with Crippen LogP contribution in [0.25, 0.3) is 0 Å². The second-order valence-electron chi connectivity index (χ2n) is 9.65. The van der Waals surface area contributed by atoms with Crippen molar-refractivity contribution < 1.29 is 29.2 Å². The van der Waals surface area contributed by atoms with Gasteiger partial charge in [0.25, 0.3) is 11.6 Å². The number of aromatic nitrogens is 4. The molecule has 3 heterocycles. The third-order valence-electron chi connectivity index (χ3n) is 6.80. The SMILES string of the molecule is Cn1nnnc1SCC1=C(C(=O)O)N2C(=O)C(NC(=O)[C@@H](NC(=O)Cc3ccc(Cl)cc3[N+](=O)[O-])c3ccccc3)[C@@H]2SC1. The van der Waals surface area contributed by atoms with E-state index in [4.69, 9.17) is 11.6 Å². The highest BCUT2D eigenvalue weighted by atomic mass is 35.5. The lowest BCUT2D eigenvalue weighted by atomic mass is 10.0. The molecule has 0 aliphatic carbocycles. The van der Waals surface area contributed by atoms with Crippen molar-refractivity contribution in [3.8, 4) is 0 Å². The maximum atomic E-state index is 13.5. The summed E-state index contributed by atoms with van der Waals surface area (Å²) in [6, 6.07) is 9.92. The van der Waals surface area contributed by atoms with Gasteiger partial charge in [-0.1, -0.05) is 59.8 Å². The van der Waals surface area contributed by atoms with Gasteiger partial charge in [-0.05, 0) is 27.6 Å². The minimum absolute atomic E-state index is 0.102. The van der Waals surface area contributed by atoms with Gasteiger partial charge >= 0.3 is 5.97 Å². The normalized spacial score (nSPS) is 18.2. The molecule has 2 aromatic carbocycles. The number of aryl methyl sites for hydroxylation is 1. The molecule has 2 aliphatic rings. The van der Waals surface area contributed by atoms with Gasteiger partial charge in [0.1, 0.15) is 23.2 Å². The molecule has 18 heteroatoms. The number of nitro groups is 1. The number of nitro benzene ring substituents is 1. The number of nitrogens with one attached hydrogen (secondary N) is 2. The number of carboxylic acids is 1. The number of β-lactam (4-membered cyclic amide) rings is 1. The van der Waals surface area contributed by atoms with Crippen LogP contribution in [-0.4, -0.2) is 81.7 Å². The van der Waals surface area contributed by atoms with Gasteiger partial charge in [0.15, 0.2) is 0 Å². The number of carboxylic acid groups (broad SMARTS) is 1. The Hall–Kier alpha value is -4.48. The molecular weight excluding hydrogens is 636 g/mol. The second-order valence-corrected chi connectivity index (χ2v) is 12.1. The summed E-state index contributed by atoms with van der Waals surface area (Å²) in [5.41, 5.74) is 0.536. The van der Waals surface area contributed by atoms with E-state index in [0.29, 0.717) is 22.0 Å². The predicted molar refractivity (Wildman–Crippen MR) is 158 cm³/mol. The van der Waals surface area contributed by atoms with E-state index in [1.807, 2.05) is 0 Å². The number of fused-ring (bicyclic) bond motifs is 1. The number of aliphatic carboxylic acids is 1. The summed E-state index contributed by atoms with van der Waals surface area (Å²) >= 11 is 8.41. The van der Waals surface area contributed by atoms with Crippen molar-refractivity contribution in [3.63, 3.8) is 0 Å². The number of amides is 3. The molecule has 0 radical (unpaired) electrons. The van der Waals surface area contributed by atoms with Crippen LogP contribution < -0.4 is 10.6 Å². The van der Waals surface area contributed by atoms with Gasteiger partial charge in [0.2, 0.25) is 17.0 Å². The Labute approximate surface area is 262 Å². The molecule has 1 fully saturated rings. The lowest BCUT2D eigenvalue weighted by molar-refractivity contribution is -0.385. The van der Waals surface area contributed by atoms with Crippen LogP contribution in [0.2, 0.25) is 5.02 Å². The molecule has 2 aliphatic heterocycles. The van der Waals surface area contributed by atoms with Crippen molar-refractivity contribution in [1.29, 1.82) is 0 Å². The number of carbonyl (C=O) groups is 4. The van der Waals surface area contributed by atoms with Crippen LogP contribution in [0.5, 0.6) is 0 Å². The van der Waals surface area contributed by atoms with Crippen LogP contribution in [0.3, 0.4) is 0 Å². The maximum Gasteiger partial charge on any atom is 0.352 e. The molecule has 3 amide bonds. The fraction of sp³-hybridized carbons (Fsp3) is 0.269. The molecule has 44 heavy (non-hydrogen) atoms. The van der Waals surface area contributed by atoms with Crippen molar-refractivity contribution >= 4 is 64.5 Å². The quantitative estimate of drug-likeness (QED) is 0.117. The molecule has 3 aromatic rings. The fourth-order valence-electron chi connectivity index (χ4n) is 4.71. The van der Waals surface area contributed by atoms with E-state index in [9.17, 15) is 34.4 Å². The zero-order valence-electron chi connectivity index (χ0n) is 22.7. The minimum Gasteiger partial charge on any atom is -0.477 e. The van der Waals surface area contributed by atoms with E-state index in [2.05, 4.69) is 26.2 Å². The first-order valence-corrected chi connectivity index (χ1v) is 15.3. The van der Waals surface area contributed by atoms with Crippen molar-refractivity contribution in [2.45, 2.75) is 29.0 Å². The first-order chi connectivity index (χ1) is 21.0. The highest BCUT2D eigenvalue weighted by molar-refractivity contribution is 8.01. The molecule has 0 bridgehead atoms. The van der Waals surface area contributed by atoms with Gasteiger partial charge in [0.05, 0.1) is 11.3 Å². The molecule has 0 spiro atoms. The first-order valence-electron chi connectivity index (χ1n) is 12.9. The van der Waals surface area contributed by atoms with E-state index in [-0.39, 0.29) is 27.7 Å². The number of hydrogen-bond donors (Lipinski definition) is 3. The van der Waals surface area contributed by atoms with Crippen LogP contribution in [0, 0.1) is 10.1 Å². The van der Waals surface area contributed by atoms with Crippen LogP contribution in [0.4, 0.5) is 5.69 Å². The molecule has 3 atom stereocenters. The fourth-order valence-corrected chi connectivity index (χ4v) is 7.21. The monoisotopic (exact) mass is 658 g/mol. The van der Waals surface area contributed by atoms with Crippen LogP contribution in [0.1, 0.15) is 17.2 Å². The maximum absolute atomic E-state index is 13.5. The number of thioether (sulfide) groups is 2. The molecule has 15 nitrogen and oxygen atoms in total. The highest BCUT2D eigenvalue weighted by Gasteiger charge is 2.54. The molecule has 228 valence electrons. The number of carbonyl (C=O) groups excluding carboxylic acids is 3. The molecule has 1 unspecified atom stereocenters. The molecule has 0 saturated carbocycles. The van der Waals surface area contributed by atoms with Gasteiger partial charge in [-0.25, -0.2) is 9.48 Å². The van der Waals surface area contributed by atoms with Gasteiger partial charge < -0.3 is 15.7 Å². The number of halogens is 1. The van der Waals surface area contributed by atoms with Gasteiger partial charge in [-0.15, -0.1) is 16.9 Å². The van der Waals surface area contributed by atoms with Crippen molar-refractivity contribution in [3.05, 3.63) is 86.1 Å². The van der Waals surface area contributed by atoms with Crippen LogP contribution in [-0.2, 0) is 32.6 Å². The number of benzene rings is 2. The Balaban J connectivity index is 1.31. The average Bonchev–Trinajstić information content (AvgIpc) is 3.42. The molecule has 5 rings (SSSR count). The Morgan fingerprint density at radius 3 is 2.66 bits per heavy atom. The van der Waals surface area contributed by atoms with E-state index in [1.165, 1.54) is 40.3 Å². The van der Waals surface area contributed by atoms with Crippen LogP contribution >= 0.6 is 35.1 Å². The summed E-state index contributed by atoms with van der Waals surface area (Å²) in [6.45, 7) is 0. The summed E-state index contributed by atoms with van der Waals surface area (Å²) < 4.78 is 1.45. The molecular formula is C26H23ClN8O7S2. The zero-order chi connectivity index (χ0) is 31.5. The van der Waals surface area contributed by atoms with Crippen molar-refractivity contribution in [2.75, 3.05) is 11.5 Å². The Morgan fingerprint density at radius 2 is 2.00 bits per heavy atom. The largest absolute Gasteiger partial charge is 0.477 e. The van der Waals surface area contributed by atoms with Crippen molar-refractivity contribution in [1.82, 2.24) is 35.7 Å². The molecule has 3 N–H and O–H groups in total. The molecule has 1 saturated heterocycles. The summed E-state index contributed by atoms with van der Waals surface area (Å²) in [7, 11) is 1.65. The lowest BCUT2D eigenvalue weighted by Crippen LogP contribution is -2.71. The third kappa shape index (κ3) is 6.39. The van der Waals surface area contributed by atoms with E-state index in [0.717, 1.165) is 11.0 Å². The Kier molecular flexibility index (Phi) is 9.17. The summed E-state index contributed by atoms with van der Waals surface area (Å²) in [5.74, 6) is -2.73. The van der Waals surface area contributed by atoms with Gasteiger partial charge in [-0.2, -0.15) is 0 Å². The second kappa shape index (κ2) is 13.0. The Bertz CT molecular complexity index is 1690. The van der Waals surface area contributed by atoms with Crippen LogP contribution in [0.15, 0.2) is 65.0 Å². The summed E-state index contributed by atoms with van der Waals surface area (Å²) in [6.07, 6.45) is -0.406. The summed E-state index contributed by atoms with van der Waals surface area (Å²) in [5, 5.41) is 37.8. The Morgan fingerprint density at radius 1 is 1.25 bits per heavy atom. The van der Waals surface area contributed by atoms with E-state index < -0.39 is 52.5 Å².